The van der Waals surface area contributed by atoms with Crippen molar-refractivity contribution in [2.75, 3.05) is 27.1 Å². The van der Waals surface area contributed by atoms with Crippen molar-refractivity contribution in [2.24, 2.45) is 5.10 Å². The van der Waals surface area contributed by atoms with E-state index in [1.165, 1.54) is 39.3 Å². The van der Waals surface area contributed by atoms with Crippen LogP contribution in [0.15, 0.2) is 71.2 Å². The molecule has 1 amide bonds. The van der Waals surface area contributed by atoms with Gasteiger partial charge in [-0.3, -0.25) is 14.3 Å². The lowest BCUT2D eigenvalue weighted by atomic mass is 10.2. The quantitative estimate of drug-likeness (QED) is 0.191. The highest BCUT2D eigenvalue weighted by atomic mass is 32.2. The molecule has 1 N–H and O–H groups in total. The largest absolute Gasteiger partial charge is 0.493 e. The lowest BCUT2D eigenvalue weighted by molar-refractivity contribution is -0.118. The summed E-state index contributed by atoms with van der Waals surface area (Å²) in [6.45, 7) is 2.03. The van der Waals surface area contributed by atoms with E-state index in [0.29, 0.717) is 33.8 Å². The van der Waals surface area contributed by atoms with Gasteiger partial charge in [-0.1, -0.05) is 29.5 Å². The number of aromatic nitrogens is 4. The molecule has 2 aromatic heterocycles. The van der Waals surface area contributed by atoms with Crippen LogP contribution in [0.1, 0.15) is 11.1 Å². The topological polar surface area (TPSA) is 113 Å². The fourth-order valence-electron chi connectivity index (χ4n) is 3.50. The van der Waals surface area contributed by atoms with E-state index in [-0.39, 0.29) is 11.7 Å². The lowest BCUT2D eigenvalue weighted by Crippen LogP contribution is -2.20. The van der Waals surface area contributed by atoms with Gasteiger partial charge in [0.15, 0.2) is 22.5 Å². The van der Waals surface area contributed by atoms with E-state index in [4.69, 9.17) is 14.2 Å². The van der Waals surface area contributed by atoms with Crippen LogP contribution in [-0.4, -0.2) is 59.0 Å². The molecule has 0 aliphatic heterocycles. The van der Waals surface area contributed by atoms with Crippen molar-refractivity contribution in [1.82, 2.24) is 25.2 Å². The molecular formula is C26H26N6O4S. The van der Waals surface area contributed by atoms with Crippen molar-refractivity contribution in [3.63, 3.8) is 0 Å². The van der Waals surface area contributed by atoms with Gasteiger partial charge in [0.1, 0.15) is 0 Å². The van der Waals surface area contributed by atoms with E-state index in [1.807, 2.05) is 47.9 Å². The second-order valence-electron chi connectivity index (χ2n) is 7.75. The smallest absolute Gasteiger partial charge is 0.250 e. The van der Waals surface area contributed by atoms with Crippen LogP contribution in [0, 0.1) is 6.92 Å². The first-order valence-electron chi connectivity index (χ1n) is 11.2. The monoisotopic (exact) mass is 518 g/mol. The number of thioether (sulfide) groups is 1. The van der Waals surface area contributed by atoms with Gasteiger partial charge in [-0.05, 0) is 43.3 Å². The third-order valence-electron chi connectivity index (χ3n) is 5.29. The second kappa shape index (κ2) is 12.0. The zero-order valence-corrected chi connectivity index (χ0v) is 21.7. The maximum atomic E-state index is 12.5. The van der Waals surface area contributed by atoms with E-state index in [1.54, 1.807) is 24.5 Å². The van der Waals surface area contributed by atoms with Gasteiger partial charge < -0.3 is 14.2 Å². The summed E-state index contributed by atoms with van der Waals surface area (Å²) >= 11 is 1.26. The standard InChI is InChI=1S/C26H26N6O4S/c1-17-5-7-20(8-6-17)32-25(19-9-11-27-12-10-19)30-31-26(32)37-16-23(33)29-28-15-18-13-21(34-2)24(36-4)22(14-18)35-3/h5-15H,16H2,1-4H3,(H,29,33)/b28-15-. The van der Waals surface area contributed by atoms with Gasteiger partial charge in [0.05, 0.1) is 33.3 Å². The first-order chi connectivity index (χ1) is 18.0. The average Bonchev–Trinajstić information content (AvgIpc) is 3.36. The van der Waals surface area contributed by atoms with Gasteiger partial charge in [0, 0.05) is 29.2 Å². The molecule has 0 aliphatic rings. The van der Waals surface area contributed by atoms with E-state index in [2.05, 4.69) is 25.7 Å². The van der Waals surface area contributed by atoms with Gasteiger partial charge in [0.2, 0.25) is 5.75 Å². The Kier molecular flexibility index (Phi) is 8.37. The number of methoxy groups -OCH3 is 3. The zero-order chi connectivity index (χ0) is 26.2. The average molecular weight is 519 g/mol. The summed E-state index contributed by atoms with van der Waals surface area (Å²) < 4.78 is 17.9. The number of nitrogens with one attached hydrogen (secondary N) is 1. The summed E-state index contributed by atoms with van der Waals surface area (Å²) in [7, 11) is 4.60. The highest BCUT2D eigenvalue weighted by Crippen LogP contribution is 2.37. The molecule has 2 heterocycles. The van der Waals surface area contributed by atoms with E-state index >= 15 is 0 Å². The van der Waals surface area contributed by atoms with Crippen LogP contribution >= 0.6 is 11.8 Å². The zero-order valence-electron chi connectivity index (χ0n) is 20.8. The molecule has 0 bridgehead atoms. The van der Waals surface area contributed by atoms with Crippen molar-refractivity contribution < 1.29 is 19.0 Å². The molecular weight excluding hydrogens is 492 g/mol. The van der Waals surface area contributed by atoms with Gasteiger partial charge in [-0.2, -0.15) is 5.10 Å². The van der Waals surface area contributed by atoms with Gasteiger partial charge in [-0.25, -0.2) is 5.43 Å². The Bertz CT molecular complexity index is 1370. The number of rotatable bonds is 10. The van der Waals surface area contributed by atoms with E-state index in [9.17, 15) is 4.79 Å². The number of amides is 1. The van der Waals surface area contributed by atoms with Gasteiger partial charge in [-0.15, -0.1) is 10.2 Å². The molecule has 0 unspecified atom stereocenters. The number of benzene rings is 2. The van der Waals surface area contributed by atoms with Crippen LogP contribution in [0.5, 0.6) is 17.2 Å². The number of pyridine rings is 1. The fraction of sp³-hybridized carbons (Fsp3) is 0.192. The van der Waals surface area contributed by atoms with Crippen molar-refractivity contribution in [3.8, 4) is 34.3 Å². The summed E-state index contributed by atoms with van der Waals surface area (Å²) in [5.41, 5.74) is 6.11. The Morgan fingerprint density at radius 2 is 1.68 bits per heavy atom. The maximum Gasteiger partial charge on any atom is 0.250 e. The second-order valence-corrected chi connectivity index (χ2v) is 8.70. The number of ether oxygens (including phenoxy) is 3. The molecule has 0 atom stereocenters. The molecule has 0 fully saturated rings. The number of hydrazone groups is 1. The molecule has 0 saturated carbocycles. The minimum atomic E-state index is -0.294. The Hall–Kier alpha value is -4.38. The van der Waals surface area contributed by atoms with Crippen LogP contribution in [0.25, 0.3) is 17.1 Å². The third-order valence-corrected chi connectivity index (χ3v) is 6.22. The Morgan fingerprint density at radius 3 is 2.30 bits per heavy atom. The molecule has 0 saturated heterocycles. The Labute approximate surface area is 218 Å². The van der Waals surface area contributed by atoms with E-state index < -0.39 is 0 Å². The van der Waals surface area contributed by atoms with Gasteiger partial charge >= 0.3 is 0 Å². The molecule has 4 rings (SSSR count). The number of hydrogen-bond donors (Lipinski definition) is 1. The summed E-state index contributed by atoms with van der Waals surface area (Å²) in [4.78, 5) is 16.6. The van der Waals surface area contributed by atoms with Crippen molar-refractivity contribution in [1.29, 1.82) is 0 Å². The highest BCUT2D eigenvalue weighted by Gasteiger charge is 2.17. The predicted molar refractivity (Wildman–Crippen MR) is 142 cm³/mol. The normalized spacial score (nSPS) is 10.9. The minimum Gasteiger partial charge on any atom is -0.493 e. The SMILES string of the molecule is COc1cc(/C=N\NC(=O)CSc2nnc(-c3ccncc3)n2-c2ccc(C)cc2)cc(OC)c1OC. The van der Waals surface area contributed by atoms with Crippen molar-refractivity contribution in [2.45, 2.75) is 12.1 Å². The van der Waals surface area contributed by atoms with Crippen LogP contribution < -0.4 is 19.6 Å². The van der Waals surface area contributed by atoms with E-state index in [0.717, 1.165) is 16.8 Å². The number of carbonyl (C=O) groups is 1. The molecule has 10 nitrogen and oxygen atoms in total. The number of hydrogen-bond acceptors (Lipinski definition) is 9. The van der Waals surface area contributed by atoms with Crippen LogP contribution in [0.3, 0.4) is 0 Å². The summed E-state index contributed by atoms with van der Waals surface area (Å²) in [6, 6.07) is 15.2. The Balaban J connectivity index is 1.48. The molecule has 2 aromatic carbocycles. The molecule has 0 radical (unpaired) electrons. The van der Waals surface area contributed by atoms with Crippen molar-refractivity contribution in [3.05, 3.63) is 72.1 Å². The van der Waals surface area contributed by atoms with Crippen LogP contribution in [-0.2, 0) is 4.79 Å². The summed E-state index contributed by atoms with van der Waals surface area (Å²) in [5, 5.41) is 13.4. The number of carbonyl (C=O) groups excluding carboxylic acids is 1. The molecule has 4 aromatic rings. The predicted octanol–water partition coefficient (Wildman–Crippen LogP) is 3.91. The molecule has 0 aliphatic carbocycles. The summed E-state index contributed by atoms with van der Waals surface area (Å²) in [5.74, 6) is 1.92. The summed E-state index contributed by atoms with van der Waals surface area (Å²) in [6.07, 6.45) is 4.91. The molecule has 190 valence electrons. The molecule has 11 heteroatoms. The lowest BCUT2D eigenvalue weighted by Gasteiger charge is -2.12. The van der Waals surface area contributed by atoms with Crippen molar-refractivity contribution >= 4 is 23.9 Å². The number of aryl methyl sites for hydroxylation is 1. The van der Waals surface area contributed by atoms with Crippen LogP contribution in [0.4, 0.5) is 0 Å². The third kappa shape index (κ3) is 6.07. The fourth-order valence-corrected chi connectivity index (χ4v) is 4.24. The first kappa shape index (κ1) is 25.7. The molecule has 0 spiro atoms. The number of nitrogens with zero attached hydrogens (tertiary/aromatic N) is 5. The first-order valence-corrected chi connectivity index (χ1v) is 12.2. The maximum absolute atomic E-state index is 12.5. The van der Waals surface area contributed by atoms with Crippen LogP contribution in [0.2, 0.25) is 0 Å². The minimum absolute atomic E-state index is 0.0902. The highest BCUT2D eigenvalue weighted by molar-refractivity contribution is 7.99. The molecule has 37 heavy (non-hydrogen) atoms. The Morgan fingerprint density at radius 1 is 1.00 bits per heavy atom. The van der Waals surface area contributed by atoms with Gasteiger partial charge in [0.25, 0.3) is 5.91 Å².